The second-order valence-corrected chi connectivity index (χ2v) is 9.20. The van der Waals surface area contributed by atoms with Gasteiger partial charge >= 0.3 is 0 Å². The molecule has 0 N–H and O–H groups in total. The van der Waals surface area contributed by atoms with E-state index in [1.165, 1.54) is 0 Å². The summed E-state index contributed by atoms with van der Waals surface area (Å²) in [5.41, 5.74) is 1.51. The summed E-state index contributed by atoms with van der Waals surface area (Å²) < 4.78 is 14.1. The van der Waals surface area contributed by atoms with Gasteiger partial charge in [0.05, 0.1) is 29.3 Å². The second-order valence-electron chi connectivity index (χ2n) is 7.92. The number of aryl methyl sites for hydroxylation is 1. The number of piperidine rings is 1. The Hall–Kier alpha value is -2.71. The zero-order chi connectivity index (χ0) is 20.6. The Balaban J connectivity index is 1.21. The van der Waals surface area contributed by atoms with Gasteiger partial charge in [-0.3, -0.25) is 4.79 Å². The van der Waals surface area contributed by atoms with Crippen LogP contribution in [0.1, 0.15) is 38.8 Å². The van der Waals surface area contributed by atoms with Crippen molar-refractivity contribution in [2.45, 2.75) is 45.1 Å². The van der Waals surface area contributed by atoms with Gasteiger partial charge in [0.2, 0.25) is 0 Å². The lowest BCUT2D eigenvalue weighted by Gasteiger charge is -2.43. The lowest BCUT2D eigenvalue weighted by atomic mass is 9.89. The van der Waals surface area contributed by atoms with E-state index in [9.17, 15) is 4.79 Å². The Bertz CT molecular complexity index is 1040. The zero-order valence-corrected chi connectivity index (χ0v) is 17.7. The fourth-order valence-electron chi connectivity index (χ4n) is 4.10. The maximum atomic E-state index is 12.7. The fraction of sp³-hybridized carbons (Fsp3) is 0.409. The van der Waals surface area contributed by atoms with Crippen LogP contribution in [-0.4, -0.2) is 44.5 Å². The molecule has 1 amide bonds. The lowest BCUT2D eigenvalue weighted by molar-refractivity contribution is -0.120. The molecule has 3 aromatic rings. The van der Waals surface area contributed by atoms with Crippen LogP contribution < -0.4 is 4.74 Å². The molecular formula is C22H24N4O3S. The minimum Gasteiger partial charge on any atom is -0.487 e. The zero-order valence-electron chi connectivity index (χ0n) is 16.9. The molecule has 7 nitrogen and oxygen atoms in total. The van der Waals surface area contributed by atoms with Crippen LogP contribution in [0.5, 0.6) is 5.75 Å². The number of ether oxygens (including phenoxy) is 2. The van der Waals surface area contributed by atoms with E-state index in [4.69, 9.17) is 9.47 Å². The van der Waals surface area contributed by atoms with Gasteiger partial charge in [-0.05, 0) is 44.0 Å². The molecule has 30 heavy (non-hydrogen) atoms. The third kappa shape index (κ3) is 3.73. The third-order valence-electron chi connectivity index (χ3n) is 5.90. The summed E-state index contributed by atoms with van der Waals surface area (Å²) in [6.07, 6.45) is 1.61. The number of hydrogen-bond acceptors (Lipinski definition) is 6. The molecule has 0 radical (unpaired) electrons. The number of carbonyl (C=O) groups excluding carboxylic acids is 1. The highest BCUT2D eigenvalue weighted by Crippen LogP contribution is 2.34. The van der Waals surface area contributed by atoms with E-state index in [1.54, 1.807) is 11.3 Å². The van der Waals surface area contributed by atoms with Gasteiger partial charge in [0.15, 0.2) is 0 Å². The summed E-state index contributed by atoms with van der Waals surface area (Å²) in [4.78, 5) is 16.6. The number of rotatable bonds is 4. The van der Waals surface area contributed by atoms with Crippen LogP contribution in [0.15, 0.2) is 42.5 Å². The molecule has 0 saturated carbocycles. The Morgan fingerprint density at radius 3 is 2.73 bits per heavy atom. The first-order valence-corrected chi connectivity index (χ1v) is 11.0. The average Bonchev–Trinajstić information content (AvgIpc) is 3.39. The van der Waals surface area contributed by atoms with Crippen LogP contribution in [0, 0.1) is 6.92 Å². The number of hydrogen-bond donors (Lipinski definition) is 0. The molecule has 2 aromatic heterocycles. The van der Waals surface area contributed by atoms with Crippen LogP contribution >= 0.6 is 11.3 Å². The number of likely N-dealkylation sites (tertiary alicyclic amines) is 1. The Morgan fingerprint density at radius 1 is 1.20 bits per heavy atom. The topological polar surface area (TPSA) is 69.5 Å². The molecule has 156 valence electrons. The summed E-state index contributed by atoms with van der Waals surface area (Å²) in [5, 5.41) is 8.67. The van der Waals surface area contributed by atoms with Crippen molar-refractivity contribution < 1.29 is 14.3 Å². The van der Waals surface area contributed by atoms with Crippen LogP contribution in [0.25, 0.3) is 0 Å². The monoisotopic (exact) mass is 424 g/mol. The maximum absolute atomic E-state index is 12.7. The molecular weight excluding hydrogens is 400 g/mol. The van der Waals surface area contributed by atoms with Crippen molar-refractivity contribution in [1.29, 1.82) is 0 Å². The lowest BCUT2D eigenvalue weighted by Crippen LogP contribution is -2.52. The van der Waals surface area contributed by atoms with Gasteiger partial charge in [0, 0.05) is 18.0 Å². The average molecular weight is 425 g/mol. The van der Waals surface area contributed by atoms with Crippen molar-refractivity contribution in [3.63, 3.8) is 0 Å². The maximum Gasteiger partial charge on any atom is 0.263 e. The van der Waals surface area contributed by atoms with Crippen molar-refractivity contribution in [2.75, 3.05) is 13.1 Å². The molecule has 1 spiro atoms. The molecule has 2 aliphatic rings. The summed E-state index contributed by atoms with van der Waals surface area (Å²) in [6.45, 7) is 4.93. The van der Waals surface area contributed by atoms with E-state index in [0.29, 0.717) is 32.8 Å². The van der Waals surface area contributed by atoms with Crippen LogP contribution in [0.3, 0.4) is 0 Å². The predicted octanol–water partition coefficient (Wildman–Crippen LogP) is 3.43. The summed E-state index contributed by atoms with van der Waals surface area (Å²) in [6, 6.07) is 13.6. The first-order valence-electron chi connectivity index (χ1n) is 10.2. The highest BCUT2D eigenvalue weighted by atomic mass is 32.1. The van der Waals surface area contributed by atoms with E-state index in [0.717, 1.165) is 39.7 Å². The predicted molar refractivity (Wildman–Crippen MR) is 113 cm³/mol. The number of thiophene rings is 1. The van der Waals surface area contributed by atoms with Crippen molar-refractivity contribution in [2.24, 2.45) is 0 Å². The van der Waals surface area contributed by atoms with Gasteiger partial charge in [-0.1, -0.05) is 23.4 Å². The van der Waals surface area contributed by atoms with E-state index >= 15 is 0 Å². The van der Waals surface area contributed by atoms with Crippen LogP contribution in [0.2, 0.25) is 0 Å². The van der Waals surface area contributed by atoms with E-state index in [1.807, 2.05) is 59.0 Å². The van der Waals surface area contributed by atoms with Gasteiger partial charge in [0.25, 0.3) is 5.91 Å². The molecule has 0 bridgehead atoms. The number of nitrogens with zero attached hydrogens (tertiary/aromatic N) is 4. The van der Waals surface area contributed by atoms with Gasteiger partial charge in [-0.25, -0.2) is 4.68 Å². The minimum absolute atomic E-state index is 0.126. The molecule has 8 heteroatoms. The number of para-hydroxylation sites is 1. The molecule has 0 unspecified atom stereocenters. The first kappa shape index (κ1) is 19.3. The summed E-state index contributed by atoms with van der Waals surface area (Å²) >= 11 is 1.56. The summed E-state index contributed by atoms with van der Waals surface area (Å²) in [7, 11) is 0. The van der Waals surface area contributed by atoms with Crippen molar-refractivity contribution >= 4 is 17.2 Å². The van der Waals surface area contributed by atoms with Gasteiger partial charge in [-0.15, -0.1) is 16.4 Å². The number of amides is 1. The Kier molecular flexibility index (Phi) is 5.04. The molecule has 2 aliphatic heterocycles. The molecule has 1 aromatic carbocycles. The molecule has 1 saturated heterocycles. The first-order chi connectivity index (χ1) is 14.6. The quantitative estimate of drug-likeness (QED) is 0.642. The SMILES string of the molecule is Cc1ccc(C(=O)N2CCC3(CC2)Cn2nnc(COc4ccccc4)c2CO3)s1. The molecule has 4 heterocycles. The fourth-order valence-corrected chi connectivity index (χ4v) is 4.93. The number of benzene rings is 1. The largest absolute Gasteiger partial charge is 0.487 e. The smallest absolute Gasteiger partial charge is 0.263 e. The van der Waals surface area contributed by atoms with E-state index in [2.05, 4.69) is 10.3 Å². The third-order valence-corrected chi connectivity index (χ3v) is 6.89. The van der Waals surface area contributed by atoms with E-state index in [-0.39, 0.29) is 11.5 Å². The van der Waals surface area contributed by atoms with Gasteiger partial charge in [-0.2, -0.15) is 0 Å². The summed E-state index contributed by atoms with van der Waals surface area (Å²) in [5.74, 6) is 0.936. The standard InChI is InChI=1S/C22H24N4O3S/c1-16-7-8-20(30-16)21(27)25-11-9-22(10-12-25)15-26-19(14-29-22)18(23-24-26)13-28-17-5-3-2-4-6-17/h2-8H,9-15H2,1H3. The molecule has 0 atom stereocenters. The molecule has 0 aliphatic carbocycles. The van der Waals surface area contributed by atoms with Crippen molar-refractivity contribution in [1.82, 2.24) is 19.9 Å². The molecule has 1 fully saturated rings. The van der Waals surface area contributed by atoms with E-state index < -0.39 is 0 Å². The number of aromatic nitrogens is 3. The normalized spacial score (nSPS) is 17.7. The number of carbonyl (C=O) groups is 1. The highest BCUT2D eigenvalue weighted by Gasteiger charge is 2.41. The number of fused-ring (bicyclic) bond motifs is 1. The second kappa shape index (κ2) is 7.85. The minimum atomic E-state index is -0.277. The Morgan fingerprint density at radius 2 is 2.00 bits per heavy atom. The Labute approximate surface area is 179 Å². The van der Waals surface area contributed by atoms with Gasteiger partial charge in [0.1, 0.15) is 18.1 Å². The highest BCUT2D eigenvalue weighted by molar-refractivity contribution is 7.13. The van der Waals surface area contributed by atoms with Crippen LogP contribution in [0.4, 0.5) is 0 Å². The molecule has 5 rings (SSSR count). The van der Waals surface area contributed by atoms with Crippen LogP contribution in [-0.2, 0) is 24.5 Å². The van der Waals surface area contributed by atoms with Gasteiger partial charge < -0.3 is 14.4 Å². The van der Waals surface area contributed by atoms with Crippen molar-refractivity contribution in [3.05, 3.63) is 63.6 Å². The van der Waals surface area contributed by atoms with Crippen molar-refractivity contribution in [3.8, 4) is 5.75 Å².